The van der Waals surface area contributed by atoms with Crippen LogP contribution in [-0.4, -0.2) is 36.6 Å². The van der Waals surface area contributed by atoms with Crippen LogP contribution in [0.3, 0.4) is 0 Å². The van der Waals surface area contributed by atoms with Gasteiger partial charge in [-0.2, -0.15) is 0 Å². The molecule has 21 heavy (non-hydrogen) atoms. The number of esters is 1. The summed E-state index contributed by atoms with van der Waals surface area (Å²) in [6, 6.07) is 0.684. The summed E-state index contributed by atoms with van der Waals surface area (Å²) in [6.45, 7) is 14.8. The average Bonchev–Trinajstić information content (AvgIpc) is 2.47. The van der Waals surface area contributed by atoms with Crippen molar-refractivity contribution in [2.45, 2.75) is 78.7 Å². The first-order valence-electron chi connectivity index (χ1n) is 8.63. The number of hydrogen-bond donors (Lipinski definition) is 0. The second kappa shape index (κ2) is 12.9. The van der Waals surface area contributed by atoms with Crippen LogP contribution in [0, 0.1) is 0 Å². The van der Waals surface area contributed by atoms with Gasteiger partial charge in [-0.1, -0.05) is 46.6 Å². The van der Waals surface area contributed by atoms with Crippen molar-refractivity contribution in [1.29, 1.82) is 0 Å². The molecule has 3 heteroatoms. The third kappa shape index (κ3) is 9.67. The summed E-state index contributed by atoms with van der Waals surface area (Å²) < 4.78 is 5.14. The van der Waals surface area contributed by atoms with Gasteiger partial charge in [-0.3, -0.25) is 0 Å². The van der Waals surface area contributed by atoms with Gasteiger partial charge in [0.2, 0.25) is 0 Å². The second-order valence-electron chi connectivity index (χ2n) is 5.78. The Hall–Kier alpha value is -0.830. The van der Waals surface area contributed by atoms with Crippen LogP contribution >= 0.6 is 0 Å². The Bertz CT molecular complexity index is 285. The molecule has 0 amide bonds. The maximum atomic E-state index is 11.3. The molecule has 1 atom stereocenters. The van der Waals surface area contributed by atoms with Crippen molar-refractivity contribution in [3.05, 3.63) is 12.2 Å². The van der Waals surface area contributed by atoms with Gasteiger partial charge in [-0.25, -0.2) is 4.79 Å². The molecule has 0 aliphatic rings. The minimum atomic E-state index is -0.266. The minimum Gasteiger partial charge on any atom is -0.462 e. The van der Waals surface area contributed by atoms with Gasteiger partial charge in [0.1, 0.15) is 0 Å². The van der Waals surface area contributed by atoms with E-state index in [1.54, 1.807) is 6.92 Å². The first kappa shape index (κ1) is 20.2. The summed E-state index contributed by atoms with van der Waals surface area (Å²) in [5, 5.41) is 0. The maximum Gasteiger partial charge on any atom is 0.333 e. The van der Waals surface area contributed by atoms with Crippen LogP contribution in [0.5, 0.6) is 0 Å². The van der Waals surface area contributed by atoms with Crippen LogP contribution in [0.2, 0.25) is 0 Å². The van der Waals surface area contributed by atoms with Gasteiger partial charge in [0.05, 0.1) is 6.61 Å². The van der Waals surface area contributed by atoms with Crippen molar-refractivity contribution in [1.82, 2.24) is 4.90 Å². The molecule has 0 heterocycles. The van der Waals surface area contributed by atoms with Crippen molar-refractivity contribution in [3.63, 3.8) is 0 Å². The van der Waals surface area contributed by atoms with Crippen LogP contribution in [0.1, 0.15) is 72.6 Å². The highest BCUT2D eigenvalue weighted by Gasteiger charge is 2.14. The Morgan fingerprint density at radius 2 is 1.62 bits per heavy atom. The fourth-order valence-corrected chi connectivity index (χ4v) is 2.65. The molecule has 0 aliphatic carbocycles. The van der Waals surface area contributed by atoms with Crippen molar-refractivity contribution < 1.29 is 9.53 Å². The lowest BCUT2D eigenvalue weighted by Gasteiger charge is -2.30. The number of unbranched alkanes of at least 4 members (excludes halogenated alkanes) is 3. The Morgan fingerprint density at radius 3 is 2.10 bits per heavy atom. The van der Waals surface area contributed by atoms with E-state index in [9.17, 15) is 4.79 Å². The first-order valence-corrected chi connectivity index (χ1v) is 8.63. The molecule has 0 aromatic carbocycles. The van der Waals surface area contributed by atoms with Gasteiger partial charge >= 0.3 is 5.97 Å². The van der Waals surface area contributed by atoms with Gasteiger partial charge in [-0.15, -0.1) is 0 Å². The number of nitrogens with zero attached hydrogens (tertiary/aromatic N) is 1. The number of carbonyl (C=O) groups excluding carboxylic acids is 1. The Balaban J connectivity index is 3.99. The maximum absolute atomic E-state index is 11.3. The fraction of sp³-hybridized carbons (Fsp3) is 0.833. The monoisotopic (exact) mass is 297 g/mol. The molecular formula is C18H35NO2. The van der Waals surface area contributed by atoms with Crippen LogP contribution in [-0.2, 0) is 9.53 Å². The van der Waals surface area contributed by atoms with Crippen LogP contribution in [0.15, 0.2) is 12.2 Å². The number of ether oxygens (including phenoxy) is 1. The lowest BCUT2D eigenvalue weighted by molar-refractivity contribution is -0.139. The molecule has 0 aromatic heterocycles. The second-order valence-corrected chi connectivity index (χ2v) is 5.78. The summed E-state index contributed by atoms with van der Waals surface area (Å²) in [7, 11) is 0. The third-order valence-corrected chi connectivity index (χ3v) is 3.98. The van der Waals surface area contributed by atoms with E-state index in [1.807, 2.05) is 0 Å². The van der Waals surface area contributed by atoms with E-state index in [0.717, 1.165) is 25.9 Å². The fourth-order valence-electron chi connectivity index (χ4n) is 2.65. The third-order valence-electron chi connectivity index (χ3n) is 3.98. The molecule has 0 spiro atoms. The van der Waals surface area contributed by atoms with E-state index < -0.39 is 0 Å². The molecule has 0 aliphatic heterocycles. The van der Waals surface area contributed by atoms with E-state index in [2.05, 4.69) is 32.3 Å². The number of hydrogen-bond acceptors (Lipinski definition) is 3. The highest BCUT2D eigenvalue weighted by Crippen LogP contribution is 2.16. The predicted molar refractivity (Wildman–Crippen MR) is 90.5 cm³/mol. The van der Waals surface area contributed by atoms with Crippen molar-refractivity contribution in [3.8, 4) is 0 Å². The lowest BCUT2D eigenvalue weighted by Crippen LogP contribution is -2.35. The lowest BCUT2D eigenvalue weighted by atomic mass is 10.0. The quantitative estimate of drug-likeness (QED) is 0.283. The predicted octanol–water partition coefficient (Wildman–Crippen LogP) is 4.57. The summed E-state index contributed by atoms with van der Waals surface area (Å²) in [5.74, 6) is -0.266. The molecule has 124 valence electrons. The molecule has 3 nitrogen and oxygen atoms in total. The molecule has 0 radical (unpaired) electrons. The van der Waals surface area contributed by atoms with Gasteiger partial charge in [0.25, 0.3) is 0 Å². The largest absolute Gasteiger partial charge is 0.462 e. The molecule has 0 saturated carbocycles. The van der Waals surface area contributed by atoms with Gasteiger partial charge in [0.15, 0.2) is 0 Å². The Kier molecular flexibility index (Phi) is 12.4. The van der Waals surface area contributed by atoms with Crippen molar-refractivity contribution >= 4 is 5.97 Å². The standard InChI is InChI=1S/C18H35NO2/c1-6-9-10-13-17(19(7-2)8-3)14-11-12-15-21-18(20)16(4)5/h17H,4,6-15H2,1-3,5H3. The SMILES string of the molecule is C=C(C)C(=O)OCCCCC(CCCCC)N(CC)CC. The van der Waals surface area contributed by atoms with Crippen LogP contribution < -0.4 is 0 Å². The molecule has 1 unspecified atom stereocenters. The molecule has 0 bridgehead atoms. The van der Waals surface area contributed by atoms with Gasteiger partial charge in [-0.05, 0) is 45.7 Å². The summed E-state index contributed by atoms with van der Waals surface area (Å²) >= 11 is 0. The van der Waals surface area contributed by atoms with Crippen molar-refractivity contribution in [2.24, 2.45) is 0 Å². The molecule has 0 fully saturated rings. The van der Waals surface area contributed by atoms with Crippen molar-refractivity contribution in [2.75, 3.05) is 19.7 Å². The highest BCUT2D eigenvalue weighted by molar-refractivity contribution is 5.86. The van der Waals surface area contributed by atoms with Crippen LogP contribution in [0.25, 0.3) is 0 Å². The summed E-state index contributed by atoms with van der Waals surface area (Å²) in [6.07, 6.45) is 8.50. The van der Waals surface area contributed by atoms with E-state index in [-0.39, 0.29) is 5.97 Å². The number of carbonyl (C=O) groups is 1. The minimum absolute atomic E-state index is 0.266. The van der Waals surface area contributed by atoms with Gasteiger partial charge in [0, 0.05) is 11.6 Å². The smallest absolute Gasteiger partial charge is 0.333 e. The zero-order valence-corrected chi connectivity index (χ0v) is 14.6. The average molecular weight is 297 g/mol. The number of rotatable bonds is 13. The van der Waals surface area contributed by atoms with E-state index in [0.29, 0.717) is 18.2 Å². The summed E-state index contributed by atoms with van der Waals surface area (Å²) in [5.41, 5.74) is 0.482. The molecular weight excluding hydrogens is 262 g/mol. The molecule has 0 N–H and O–H groups in total. The molecule has 0 saturated heterocycles. The van der Waals surface area contributed by atoms with Crippen LogP contribution in [0.4, 0.5) is 0 Å². The topological polar surface area (TPSA) is 29.5 Å². The zero-order valence-electron chi connectivity index (χ0n) is 14.6. The zero-order chi connectivity index (χ0) is 16.1. The molecule has 0 rings (SSSR count). The molecule has 0 aromatic rings. The van der Waals surface area contributed by atoms with E-state index in [1.165, 1.54) is 32.1 Å². The highest BCUT2D eigenvalue weighted by atomic mass is 16.5. The Morgan fingerprint density at radius 1 is 1.05 bits per heavy atom. The Labute approximate surface area is 131 Å². The normalized spacial score (nSPS) is 12.4. The van der Waals surface area contributed by atoms with E-state index in [4.69, 9.17) is 4.74 Å². The van der Waals surface area contributed by atoms with E-state index >= 15 is 0 Å². The first-order chi connectivity index (χ1) is 10.1. The summed E-state index contributed by atoms with van der Waals surface area (Å²) in [4.78, 5) is 13.9. The van der Waals surface area contributed by atoms with Gasteiger partial charge < -0.3 is 9.64 Å².